The van der Waals surface area contributed by atoms with Crippen LogP contribution in [0.4, 0.5) is 0 Å². The summed E-state index contributed by atoms with van der Waals surface area (Å²) in [5.74, 6) is 2.93. The minimum Gasteiger partial charge on any atom is -0.463 e. The molecule has 1 aromatic heterocycles. The first-order valence-corrected chi connectivity index (χ1v) is 7.26. The van der Waals surface area contributed by atoms with E-state index in [0.717, 1.165) is 30.5 Å². The predicted octanol–water partition coefficient (Wildman–Crippen LogP) is 1.77. The highest BCUT2D eigenvalue weighted by Gasteiger charge is 2.18. The van der Waals surface area contributed by atoms with Crippen molar-refractivity contribution < 1.29 is 4.42 Å². The van der Waals surface area contributed by atoms with E-state index in [2.05, 4.69) is 41.3 Å². The summed E-state index contributed by atoms with van der Waals surface area (Å²) >= 11 is 0. The lowest BCUT2D eigenvalue weighted by atomic mass is 9.97. The van der Waals surface area contributed by atoms with Gasteiger partial charge in [0, 0.05) is 6.54 Å². The maximum atomic E-state index is 5.79. The van der Waals surface area contributed by atoms with Crippen LogP contribution in [-0.4, -0.2) is 50.6 Å². The monoisotopic (exact) mass is 265 g/mol. The molecule has 0 aliphatic carbocycles. The van der Waals surface area contributed by atoms with Gasteiger partial charge in [-0.3, -0.25) is 4.90 Å². The minimum absolute atomic E-state index is 0.804. The molecule has 1 aromatic rings. The van der Waals surface area contributed by atoms with Crippen molar-refractivity contribution in [3.05, 3.63) is 23.7 Å². The van der Waals surface area contributed by atoms with Crippen molar-refractivity contribution in [2.45, 2.75) is 25.9 Å². The van der Waals surface area contributed by atoms with Gasteiger partial charge >= 0.3 is 0 Å². The summed E-state index contributed by atoms with van der Waals surface area (Å²) in [4.78, 5) is 4.81. The van der Waals surface area contributed by atoms with Crippen LogP contribution in [0.3, 0.4) is 0 Å². The Balaban J connectivity index is 1.75. The second-order valence-electron chi connectivity index (χ2n) is 5.84. The number of nitrogens with zero attached hydrogens (tertiary/aromatic N) is 2. The van der Waals surface area contributed by atoms with Crippen LogP contribution in [0.15, 0.2) is 16.5 Å². The molecular formula is C15H27N3O. The summed E-state index contributed by atoms with van der Waals surface area (Å²) in [6.45, 7) is 5.38. The van der Waals surface area contributed by atoms with Crippen LogP contribution in [0.1, 0.15) is 24.4 Å². The smallest absolute Gasteiger partial charge is 0.118 e. The van der Waals surface area contributed by atoms with E-state index in [1.807, 2.05) is 7.05 Å². The fraction of sp³-hybridized carbons (Fsp3) is 0.733. The van der Waals surface area contributed by atoms with Crippen LogP contribution in [0.2, 0.25) is 0 Å². The van der Waals surface area contributed by atoms with Crippen molar-refractivity contribution in [1.82, 2.24) is 15.1 Å². The van der Waals surface area contributed by atoms with E-state index in [1.54, 1.807) is 0 Å². The third-order valence-corrected chi connectivity index (χ3v) is 3.90. The van der Waals surface area contributed by atoms with E-state index < -0.39 is 0 Å². The van der Waals surface area contributed by atoms with Gasteiger partial charge in [0.2, 0.25) is 0 Å². The molecule has 4 heteroatoms. The third kappa shape index (κ3) is 4.64. The van der Waals surface area contributed by atoms with E-state index in [1.165, 1.54) is 32.5 Å². The second kappa shape index (κ2) is 7.08. The van der Waals surface area contributed by atoms with Gasteiger partial charge in [0.25, 0.3) is 0 Å². The summed E-state index contributed by atoms with van der Waals surface area (Å²) in [6.07, 6.45) is 2.65. The molecule has 0 unspecified atom stereocenters. The SMILES string of the molecule is CNCc1ccc(CN(C)CC2CCN(C)CC2)o1. The van der Waals surface area contributed by atoms with Gasteiger partial charge in [0.05, 0.1) is 13.1 Å². The Morgan fingerprint density at radius 2 is 2.00 bits per heavy atom. The highest BCUT2D eigenvalue weighted by molar-refractivity contribution is 5.06. The highest BCUT2D eigenvalue weighted by atomic mass is 16.3. The maximum Gasteiger partial charge on any atom is 0.118 e. The molecule has 2 heterocycles. The largest absolute Gasteiger partial charge is 0.463 e. The Bertz CT molecular complexity index is 369. The summed E-state index contributed by atoms with van der Waals surface area (Å²) in [5, 5.41) is 3.11. The lowest BCUT2D eigenvalue weighted by Crippen LogP contribution is -2.35. The second-order valence-corrected chi connectivity index (χ2v) is 5.84. The van der Waals surface area contributed by atoms with Gasteiger partial charge in [-0.05, 0) is 65.1 Å². The van der Waals surface area contributed by atoms with Crippen molar-refractivity contribution in [2.75, 3.05) is 40.8 Å². The summed E-state index contributed by atoms with van der Waals surface area (Å²) < 4.78 is 5.79. The quantitative estimate of drug-likeness (QED) is 0.849. The molecular weight excluding hydrogens is 238 g/mol. The molecule has 1 N–H and O–H groups in total. The number of piperidine rings is 1. The van der Waals surface area contributed by atoms with Gasteiger partial charge in [-0.25, -0.2) is 0 Å². The fourth-order valence-corrected chi connectivity index (χ4v) is 2.79. The Morgan fingerprint density at radius 3 is 2.68 bits per heavy atom. The molecule has 1 saturated heterocycles. The van der Waals surface area contributed by atoms with E-state index >= 15 is 0 Å². The average molecular weight is 265 g/mol. The molecule has 0 bridgehead atoms. The first-order valence-electron chi connectivity index (χ1n) is 7.26. The highest BCUT2D eigenvalue weighted by Crippen LogP contribution is 2.18. The zero-order valence-corrected chi connectivity index (χ0v) is 12.5. The van der Waals surface area contributed by atoms with Crippen molar-refractivity contribution in [1.29, 1.82) is 0 Å². The first-order chi connectivity index (χ1) is 9.17. The molecule has 0 radical (unpaired) electrons. The molecule has 0 saturated carbocycles. The van der Waals surface area contributed by atoms with Gasteiger partial charge in [-0.1, -0.05) is 0 Å². The predicted molar refractivity (Wildman–Crippen MR) is 78.0 cm³/mol. The lowest BCUT2D eigenvalue weighted by molar-refractivity contribution is 0.168. The Kier molecular flexibility index (Phi) is 5.43. The van der Waals surface area contributed by atoms with E-state index in [-0.39, 0.29) is 0 Å². The molecule has 0 spiro atoms. The minimum atomic E-state index is 0.804. The topological polar surface area (TPSA) is 31.6 Å². The standard InChI is InChI=1S/C15H27N3O/c1-16-10-14-4-5-15(19-14)12-18(3)11-13-6-8-17(2)9-7-13/h4-5,13,16H,6-12H2,1-3H3. The molecule has 108 valence electrons. The van der Waals surface area contributed by atoms with E-state index in [9.17, 15) is 0 Å². The van der Waals surface area contributed by atoms with Crippen LogP contribution in [0.25, 0.3) is 0 Å². The fourth-order valence-electron chi connectivity index (χ4n) is 2.79. The summed E-state index contributed by atoms with van der Waals surface area (Å²) in [7, 11) is 6.35. The van der Waals surface area contributed by atoms with Crippen molar-refractivity contribution in [2.24, 2.45) is 5.92 Å². The van der Waals surface area contributed by atoms with E-state index in [0.29, 0.717) is 0 Å². The number of nitrogens with one attached hydrogen (secondary N) is 1. The molecule has 1 fully saturated rings. The lowest BCUT2D eigenvalue weighted by Gasteiger charge is -2.31. The van der Waals surface area contributed by atoms with Crippen LogP contribution < -0.4 is 5.32 Å². The zero-order chi connectivity index (χ0) is 13.7. The molecule has 4 nitrogen and oxygen atoms in total. The average Bonchev–Trinajstić information content (AvgIpc) is 2.80. The molecule has 1 aliphatic rings. The molecule has 19 heavy (non-hydrogen) atoms. The van der Waals surface area contributed by atoms with Gasteiger partial charge in [0.15, 0.2) is 0 Å². The normalized spacial score (nSPS) is 18.3. The van der Waals surface area contributed by atoms with Gasteiger partial charge in [-0.15, -0.1) is 0 Å². The van der Waals surface area contributed by atoms with Crippen LogP contribution in [0, 0.1) is 5.92 Å². The van der Waals surface area contributed by atoms with Crippen LogP contribution >= 0.6 is 0 Å². The molecule has 1 aliphatic heterocycles. The number of hydrogen-bond acceptors (Lipinski definition) is 4. The van der Waals surface area contributed by atoms with Crippen molar-refractivity contribution >= 4 is 0 Å². The number of hydrogen-bond donors (Lipinski definition) is 1. The van der Waals surface area contributed by atoms with Gasteiger partial charge in [0.1, 0.15) is 11.5 Å². The van der Waals surface area contributed by atoms with Gasteiger partial charge < -0.3 is 14.6 Å². The summed E-state index contributed by atoms with van der Waals surface area (Å²) in [6, 6.07) is 4.16. The number of furan rings is 1. The Morgan fingerprint density at radius 1 is 1.32 bits per heavy atom. The van der Waals surface area contributed by atoms with Crippen LogP contribution in [-0.2, 0) is 13.1 Å². The zero-order valence-electron chi connectivity index (χ0n) is 12.5. The molecule has 2 rings (SSSR count). The third-order valence-electron chi connectivity index (χ3n) is 3.90. The van der Waals surface area contributed by atoms with Gasteiger partial charge in [-0.2, -0.15) is 0 Å². The maximum absolute atomic E-state index is 5.79. The van der Waals surface area contributed by atoms with Crippen LogP contribution in [0.5, 0.6) is 0 Å². The van der Waals surface area contributed by atoms with Crippen molar-refractivity contribution in [3.8, 4) is 0 Å². The number of likely N-dealkylation sites (tertiary alicyclic amines) is 1. The molecule has 0 aromatic carbocycles. The Hall–Kier alpha value is -0.840. The first kappa shape index (κ1) is 14.6. The molecule has 0 atom stereocenters. The summed E-state index contributed by atoms with van der Waals surface area (Å²) in [5.41, 5.74) is 0. The van der Waals surface area contributed by atoms with Crippen molar-refractivity contribution in [3.63, 3.8) is 0 Å². The van der Waals surface area contributed by atoms with E-state index in [4.69, 9.17) is 4.42 Å². The number of rotatable bonds is 6. The molecule has 0 amide bonds. The Labute approximate surface area is 116 Å².